The molecule has 0 aromatic carbocycles. The molecule has 2 bridgehead atoms. The molecule has 3 aliphatic rings. The summed E-state index contributed by atoms with van der Waals surface area (Å²) in [7, 11) is -4.08. The molecular formula is C16H27NO6S. The van der Waals surface area contributed by atoms with E-state index in [0.29, 0.717) is 19.4 Å². The van der Waals surface area contributed by atoms with Gasteiger partial charge in [-0.05, 0) is 43.6 Å². The van der Waals surface area contributed by atoms with Gasteiger partial charge in [0, 0.05) is 13.0 Å². The van der Waals surface area contributed by atoms with Crippen molar-refractivity contribution in [2.45, 2.75) is 46.0 Å². The van der Waals surface area contributed by atoms with Crippen molar-refractivity contribution in [1.29, 1.82) is 0 Å². The monoisotopic (exact) mass is 361 g/mol. The van der Waals surface area contributed by atoms with Gasteiger partial charge in [0.05, 0.1) is 17.1 Å². The Morgan fingerprint density at radius 1 is 1.33 bits per heavy atom. The van der Waals surface area contributed by atoms with E-state index in [1.807, 2.05) is 13.8 Å². The average Bonchev–Trinajstić information content (AvgIpc) is 2.81. The number of hydrogen-bond acceptors (Lipinski definition) is 5. The van der Waals surface area contributed by atoms with Gasteiger partial charge in [-0.3, -0.25) is 14.1 Å². The zero-order chi connectivity index (χ0) is 18.2. The quantitative estimate of drug-likeness (QED) is 0.649. The number of fused-ring (bicyclic) bond motifs is 2. The molecule has 1 heterocycles. The number of carboxylic acids is 1. The van der Waals surface area contributed by atoms with Crippen LogP contribution in [0.1, 0.15) is 46.0 Å². The van der Waals surface area contributed by atoms with Gasteiger partial charge in [0.1, 0.15) is 5.78 Å². The van der Waals surface area contributed by atoms with Crippen molar-refractivity contribution in [2.75, 3.05) is 18.8 Å². The van der Waals surface area contributed by atoms with Crippen molar-refractivity contribution in [3.8, 4) is 0 Å². The molecule has 3 fully saturated rings. The molecule has 1 unspecified atom stereocenters. The molecule has 2 aliphatic carbocycles. The molecule has 7 nitrogen and oxygen atoms in total. The highest BCUT2D eigenvalue weighted by Crippen LogP contribution is 2.64. The van der Waals surface area contributed by atoms with Crippen LogP contribution >= 0.6 is 0 Å². The first kappa shape index (κ1) is 19.3. The van der Waals surface area contributed by atoms with Crippen molar-refractivity contribution < 1.29 is 27.7 Å². The van der Waals surface area contributed by atoms with Gasteiger partial charge in [0.15, 0.2) is 0 Å². The molecule has 8 heteroatoms. The average molecular weight is 361 g/mol. The van der Waals surface area contributed by atoms with E-state index in [9.17, 15) is 18.0 Å². The third-order valence-corrected chi connectivity index (χ3v) is 7.07. The maximum atomic E-state index is 11.9. The van der Waals surface area contributed by atoms with E-state index in [1.165, 1.54) is 0 Å². The number of aliphatic carboxylic acids is 1. The maximum Gasteiger partial charge on any atom is 0.307 e. The predicted octanol–water partition coefficient (Wildman–Crippen LogP) is 1.34. The van der Waals surface area contributed by atoms with Crippen LogP contribution in [0.15, 0.2) is 0 Å². The lowest BCUT2D eigenvalue weighted by Crippen LogP contribution is -2.42. The number of carbonyl (C=O) groups excluding carboxylic acids is 1. The Balaban J connectivity index is 0.000000198. The second-order valence-corrected chi connectivity index (χ2v) is 9.23. The van der Waals surface area contributed by atoms with Crippen LogP contribution in [0.4, 0.5) is 0 Å². The number of rotatable bonds is 3. The maximum absolute atomic E-state index is 11.9. The number of nitrogens with one attached hydrogen (secondary N) is 1. The highest BCUT2D eigenvalue weighted by molar-refractivity contribution is 7.85. The fourth-order valence-corrected chi connectivity index (χ4v) is 5.78. The SMILES string of the molecule is CC1(C)C2CC[C@@]1(CS(=O)(=O)O)C(=O)C2.O=C(O)[C@H]1CCCNC1. The van der Waals surface area contributed by atoms with E-state index in [2.05, 4.69) is 5.32 Å². The van der Waals surface area contributed by atoms with Crippen molar-refractivity contribution in [3.05, 3.63) is 0 Å². The molecule has 0 amide bonds. The standard InChI is InChI=1S/C10H16O4S.C6H11NO2/c1-9(2)7-3-4-10(9,8(11)5-7)6-15(12,13)14;8-6(9)5-2-1-3-7-4-5/h7H,3-6H2,1-2H3,(H,12,13,14);5,7H,1-4H2,(H,8,9)/t7?,10-;5-/m10/s1. The molecule has 3 N–H and O–H groups in total. The Kier molecular flexibility index (Phi) is 5.42. The lowest BCUT2D eigenvalue weighted by atomic mass is 9.70. The molecule has 0 radical (unpaired) electrons. The molecule has 1 saturated heterocycles. The summed E-state index contributed by atoms with van der Waals surface area (Å²) in [6.45, 7) is 5.51. The fourth-order valence-electron chi connectivity index (χ4n) is 4.48. The van der Waals surface area contributed by atoms with Gasteiger partial charge in [-0.1, -0.05) is 13.8 Å². The number of ketones is 1. The van der Waals surface area contributed by atoms with Crippen molar-refractivity contribution in [3.63, 3.8) is 0 Å². The number of carbonyl (C=O) groups is 2. The van der Waals surface area contributed by atoms with Crippen LogP contribution in [0.5, 0.6) is 0 Å². The van der Waals surface area contributed by atoms with Gasteiger partial charge in [0.2, 0.25) is 0 Å². The van der Waals surface area contributed by atoms with Gasteiger partial charge < -0.3 is 10.4 Å². The van der Waals surface area contributed by atoms with E-state index in [-0.39, 0.29) is 23.0 Å². The Bertz CT molecular complexity index is 608. The number of piperidine rings is 1. The Morgan fingerprint density at radius 2 is 2.00 bits per heavy atom. The highest BCUT2D eigenvalue weighted by atomic mass is 32.2. The summed E-state index contributed by atoms with van der Waals surface area (Å²) in [4.78, 5) is 22.2. The van der Waals surface area contributed by atoms with Crippen molar-refractivity contribution in [2.24, 2.45) is 22.7 Å². The molecule has 138 valence electrons. The first-order valence-corrected chi connectivity index (χ1v) is 10.0. The smallest absolute Gasteiger partial charge is 0.307 e. The highest BCUT2D eigenvalue weighted by Gasteiger charge is 2.65. The third-order valence-electron chi connectivity index (χ3n) is 6.21. The van der Waals surface area contributed by atoms with Crippen LogP contribution < -0.4 is 5.32 Å². The Labute approximate surface area is 142 Å². The van der Waals surface area contributed by atoms with Gasteiger partial charge in [-0.15, -0.1) is 0 Å². The molecular weight excluding hydrogens is 334 g/mol. The molecule has 0 spiro atoms. The minimum Gasteiger partial charge on any atom is -0.481 e. The Hall–Kier alpha value is -0.990. The van der Waals surface area contributed by atoms with E-state index < -0.39 is 27.3 Å². The summed E-state index contributed by atoms with van der Waals surface area (Å²) >= 11 is 0. The normalized spacial score (nSPS) is 34.5. The zero-order valence-corrected chi connectivity index (χ0v) is 15.1. The molecule has 0 aromatic rings. The number of hydrogen-bond donors (Lipinski definition) is 3. The minimum absolute atomic E-state index is 0.0152. The van der Waals surface area contributed by atoms with Gasteiger partial charge >= 0.3 is 5.97 Å². The summed E-state index contributed by atoms with van der Waals surface area (Å²) in [6, 6.07) is 0. The van der Waals surface area contributed by atoms with Crippen LogP contribution in [0, 0.1) is 22.7 Å². The third kappa shape index (κ3) is 3.65. The molecule has 1 aliphatic heterocycles. The van der Waals surface area contributed by atoms with Gasteiger partial charge in [0.25, 0.3) is 10.1 Å². The van der Waals surface area contributed by atoms with E-state index in [0.717, 1.165) is 25.8 Å². The van der Waals surface area contributed by atoms with Crippen LogP contribution in [0.2, 0.25) is 0 Å². The number of Topliss-reactive ketones (excluding diaryl/α,β-unsaturated/α-hetero) is 1. The lowest BCUT2D eigenvalue weighted by Gasteiger charge is -2.35. The van der Waals surface area contributed by atoms with E-state index in [1.54, 1.807) is 0 Å². The molecule has 2 saturated carbocycles. The molecule has 3 atom stereocenters. The zero-order valence-electron chi connectivity index (χ0n) is 14.2. The van der Waals surface area contributed by atoms with Crippen molar-refractivity contribution >= 4 is 21.9 Å². The largest absolute Gasteiger partial charge is 0.481 e. The van der Waals surface area contributed by atoms with Gasteiger partial charge in [-0.25, -0.2) is 0 Å². The number of carboxylic acid groups (broad SMARTS) is 1. The predicted molar refractivity (Wildman–Crippen MR) is 88.2 cm³/mol. The topological polar surface area (TPSA) is 121 Å². The summed E-state index contributed by atoms with van der Waals surface area (Å²) in [5.74, 6) is -0.906. The Morgan fingerprint density at radius 3 is 2.33 bits per heavy atom. The van der Waals surface area contributed by atoms with Gasteiger partial charge in [-0.2, -0.15) is 8.42 Å². The minimum atomic E-state index is -4.08. The molecule has 3 rings (SSSR count). The molecule has 24 heavy (non-hydrogen) atoms. The van der Waals surface area contributed by atoms with Crippen LogP contribution in [0.25, 0.3) is 0 Å². The summed E-state index contributed by atoms with van der Waals surface area (Å²) < 4.78 is 31.0. The first-order chi connectivity index (χ1) is 11.0. The van der Waals surface area contributed by atoms with E-state index >= 15 is 0 Å². The van der Waals surface area contributed by atoms with E-state index in [4.69, 9.17) is 9.66 Å². The van der Waals surface area contributed by atoms with Crippen molar-refractivity contribution in [1.82, 2.24) is 5.32 Å². The lowest BCUT2D eigenvalue weighted by molar-refractivity contribution is -0.142. The fraction of sp³-hybridized carbons (Fsp3) is 0.875. The van der Waals surface area contributed by atoms with Crippen LogP contribution in [-0.2, 0) is 19.7 Å². The first-order valence-electron chi connectivity index (χ1n) is 8.41. The second-order valence-electron chi connectivity index (χ2n) is 7.77. The molecule has 0 aromatic heterocycles. The van der Waals surface area contributed by atoms with Crippen LogP contribution in [0.3, 0.4) is 0 Å². The second kappa shape index (κ2) is 6.72. The summed E-state index contributed by atoms with van der Waals surface area (Å²) in [5, 5.41) is 11.5. The van der Waals surface area contributed by atoms with Crippen LogP contribution in [-0.4, -0.2) is 48.7 Å². The summed E-state index contributed by atoms with van der Waals surface area (Å²) in [5.41, 5.74) is -1.12. The summed E-state index contributed by atoms with van der Waals surface area (Å²) in [6.07, 6.45) is 3.80.